The Bertz CT molecular complexity index is 875. The minimum absolute atomic E-state index is 0.0552. The molecule has 0 aliphatic carbocycles. The Kier molecular flexibility index (Phi) is 54.7. The first-order valence-electron chi connectivity index (χ1n) is 29.4. The molecule has 0 aliphatic heterocycles. The van der Waals surface area contributed by atoms with Crippen LogP contribution in [0.1, 0.15) is 341 Å². The summed E-state index contributed by atoms with van der Waals surface area (Å²) in [5.41, 5.74) is 0. The van der Waals surface area contributed by atoms with Crippen LogP contribution in [0.5, 0.6) is 0 Å². The molecule has 0 aliphatic rings. The van der Waals surface area contributed by atoms with Crippen LogP contribution >= 0.6 is 0 Å². The summed E-state index contributed by atoms with van der Waals surface area (Å²) in [4.78, 5) is 12.5. The molecule has 0 spiro atoms. The van der Waals surface area contributed by atoms with Crippen molar-refractivity contribution in [1.82, 2.24) is 5.32 Å². The average molecular weight is 889 g/mol. The highest BCUT2D eigenvalue weighted by molar-refractivity contribution is 5.76. The predicted molar refractivity (Wildman–Crippen MR) is 281 cm³/mol. The molecule has 0 rings (SSSR count). The second kappa shape index (κ2) is 55.5. The molecule has 0 saturated heterocycles. The molecule has 376 valence electrons. The van der Waals surface area contributed by atoms with E-state index in [1.165, 1.54) is 295 Å². The molecule has 0 aromatic rings. The summed E-state index contributed by atoms with van der Waals surface area (Å²) in [6.45, 7) is 4.35. The molecule has 1 amide bonds. The second-order valence-electron chi connectivity index (χ2n) is 20.4. The monoisotopic (exact) mass is 888 g/mol. The van der Waals surface area contributed by atoms with E-state index in [0.29, 0.717) is 6.42 Å². The zero-order valence-electron chi connectivity index (χ0n) is 43.4. The lowest BCUT2D eigenvalue weighted by Crippen LogP contribution is -2.45. The van der Waals surface area contributed by atoms with E-state index >= 15 is 0 Å². The van der Waals surface area contributed by atoms with Crippen LogP contribution in [-0.4, -0.2) is 34.9 Å². The largest absolute Gasteiger partial charge is 0.394 e. The predicted octanol–water partition coefficient (Wildman–Crippen LogP) is 19.3. The number of aliphatic hydroxyl groups excluding tert-OH is 2. The van der Waals surface area contributed by atoms with Gasteiger partial charge in [-0.15, -0.1) is 0 Å². The summed E-state index contributed by atoms with van der Waals surface area (Å²) >= 11 is 0. The summed E-state index contributed by atoms with van der Waals surface area (Å²) in [6, 6.07) is -0.618. The molecule has 0 aromatic heterocycles. The number of rotatable bonds is 55. The van der Waals surface area contributed by atoms with Crippen LogP contribution in [0.15, 0.2) is 12.2 Å². The van der Waals surface area contributed by atoms with Crippen molar-refractivity contribution in [3.05, 3.63) is 12.2 Å². The van der Waals surface area contributed by atoms with Crippen LogP contribution in [0.3, 0.4) is 0 Å². The van der Waals surface area contributed by atoms with Gasteiger partial charge in [0.1, 0.15) is 0 Å². The molecular formula is C59H117NO3. The molecular weight excluding hydrogens is 771 g/mol. The molecule has 0 bridgehead atoms. The number of carbonyl (C=O) groups is 1. The molecule has 0 fully saturated rings. The highest BCUT2D eigenvalue weighted by Crippen LogP contribution is 2.18. The van der Waals surface area contributed by atoms with Crippen molar-refractivity contribution in [1.29, 1.82) is 0 Å². The summed E-state index contributed by atoms with van der Waals surface area (Å²) in [5, 5.41) is 23.2. The number of hydrogen-bond donors (Lipinski definition) is 3. The molecule has 4 nitrogen and oxygen atoms in total. The minimum Gasteiger partial charge on any atom is -0.394 e. The number of allylic oxidation sites excluding steroid dienone is 1. The number of unbranched alkanes of at least 4 members (excludes halogenated alkanes) is 48. The Morgan fingerprint density at radius 3 is 0.825 bits per heavy atom. The zero-order chi connectivity index (χ0) is 45.6. The van der Waals surface area contributed by atoms with Gasteiger partial charge in [-0.2, -0.15) is 0 Å². The van der Waals surface area contributed by atoms with E-state index in [4.69, 9.17) is 0 Å². The molecule has 0 radical (unpaired) electrons. The van der Waals surface area contributed by atoms with Crippen LogP contribution in [0, 0.1) is 0 Å². The van der Waals surface area contributed by atoms with Crippen molar-refractivity contribution in [3.63, 3.8) is 0 Å². The lowest BCUT2D eigenvalue weighted by Gasteiger charge is -2.20. The van der Waals surface area contributed by atoms with Crippen LogP contribution in [-0.2, 0) is 4.79 Å². The van der Waals surface area contributed by atoms with Crippen molar-refractivity contribution < 1.29 is 15.0 Å². The lowest BCUT2D eigenvalue weighted by atomic mass is 10.0. The Labute approximate surface area is 397 Å². The smallest absolute Gasteiger partial charge is 0.220 e. The zero-order valence-corrected chi connectivity index (χ0v) is 43.4. The van der Waals surface area contributed by atoms with Gasteiger partial charge >= 0.3 is 0 Å². The third kappa shape index (κ3) is 52.0. The van der Waals surface area contributed by atoms with Crippen molar-refractivity contribution in [2.45, 2.75) is 353 Å². The Morgan fingerprint density at radius 2 is 0.587 bits per heavy atom. The topological polar surface area (TPSA) is 69.6 Å². The van der Waals surface area contributed by atoms with E-state index in [1.807, 2.05) is 6.08 Å². The van der Waals surface area contributed by atoms with Gasteiger partial charge in [-0.1, -0.05) is 328 Å². The maximum atomic E-state index is 12.5. The van der Waals surface area contributed by atoms with Gasteiger partial charge in [0.25, 0.3) is 0 Å². The van der Waals surface area contributed by atoms with Gasteiger partial charge in [0.15, 0.2) is 0 Å². The molecule has 4 heteroatoms. The first-order chi connectivity index (χ1) is 31.2. The highest BCUT2D eigenvalue weighted by Gasteiger charge is 2.18. The minimum atomic E-state index is -0.835. The molecule has 0 saturated carbocycles. The molecule has 3 N–H and O–H groups in total. The van der Waals surface area contributed by atoms with Gasteiger partial charge in [0.05, 0.1) is 18.8 Å². The van der Waals surface area contributed by atoms with Crippen molar-refractivity contribution in [3.8, 4) is 0 Å². The molecule has 2 unspecified atom stereocenters. The van der Waals surface area contributed by atoms with Crippen LogP contribution < -0.4 is 5.32 Å². The van der Waals surface area contributed by atoms with E-state index < -0.39 is 12.1 Å². The molecule has 0 heterocycles. The summed E-state index contributed by atoms with van der Waals surface area (Å²) < 4.78 is 0. The van der Waals surface area contributed by atoms with E-state index in [1.54, 1.807) is 6.08 Å². The number of nitrogens with one attached hydrogen (secondary N) is 1. The Hall–Kier alpha value is -0.870. The van der Waals surface area contributed by atoms with Gasteiger partial charge in [-0.05, 0) is 19.3 Å². The fourth-order valence-electron chi connectivity index (χ4n) is 9.54. The Balaban J connectivity index is 3.41. The van der Waals surface area contributed by atoms with Crippen molar-refractivity contribution in [2.24, 2.45) is 0 Å². The summed E-state index contributed by atoms with van der Waals surface area (Å²) in [7, 11) is 0. The SMILES string of the molecule is CCCCCCCCCCCCCCCCCCCC/C=C/C(O)C(CO)NC(=O)CCCCCCCCCCCCCCCCCCCCCCCCCCCCCCCCC. The molecule has 2 atom stereocenters. The number of amides is 1. The highest BCUT2D eigenvalue weighted by atomic mass is 16.3. The average Bonchev–Trinajstić information content (AvgIpc) is 3.29. The normalized spacial score (nSPS) is 12.8. The fraction of sp³-hybridized carbons (Fsp3) is 0.949. The van der Waals surface area contributed by atoms with E-state index in [2.05, 4.69) is 19.2 Å². The van der Waals surface area contributed by atoms with Crippen LogP contribution in [0.25, 0.3) is 0 Å². The first kappa shape index (κ1) is 62.1. The first-order valence-corrected chi connectivity index (χ1v) is 29.4. The lowest BCUT2D eigenvalue weighted by molar-refractivity contribution is -0.123. The van der Waals surface area contributed by atoms with Gasteiger partial charge < -0.3 is 15.5 Å². The summed E-state index contributed by atoms with van der Waals surface area (Å²) in [5.74, 6) is -0.0552. The number of hydrogen-bond acceptors (Lipinski definition) is 3. The second-order valence-corrected chi connectivity index (χ2v) is 20.4. The number of aliphatic hydroxyl groups is 2. The number of carbonyl (C=O) groups excluding carboxylic acids is 1. The van der Waals surface area contributed by atoms with Crippen LogP contribution in [0.2, 0.25) is 0 Å². The van der Waals surface area contributed by atoms with Crippen LogP contribution in [0.4, 0.5) is 0 Å². The summed E-state index contributed by atoms with van der Waals surface area (Å²) in [6.07, 6.45) is 72.5. The maximum Gasteiger partial charge on any atom is 0.220 e. The van der Waals surface area contributed by atoms with Gasteiger partial charge in [-0.25, -0.2) is 0 Å². The van der Waals surface area contributed by atoms with Crippen molar-refractivity contribution >= 4 is 5.91 Å². The van der Waals surface area contributed by atoms with E-state index in [0.717, 1.165) is 25.7 Å². The third-order valence-electron chi connectivity index (χ3n) is 14.0. The molecule has 0 aromatic carbocycles. The fourth-order valence-corrected chi connectivity index (χ4v) is 9.54. The molecule has 63 heavy (non-hydrogen) atoms. The van der Waals surface area contributed by atoms with Crippen molar-refractivity contribution in [2.75, 3.05) is 6.61 Å². The van der Waals surface area contributed by atoms with Gasteiger partial charge in [0.2, 0.25) is 5.91 Å². The Morgan fingerprint density at radius 1 is 0.365 bits per heavy atom. The van der Waals surface area contributed by atoms with E-state index in [-0.39, 0.29) is 12.5 Å². The standard InChI is InChI=1S/C59H117NO3/c1-3-5-7-9-11-13-15-17-19-21-23-25-26-27-28-29-30-31-32-33-34-35-37-39-41-43-45-47-49-51-53-55-59(63)60-57(56-61)58(62)54-52-50-48-46-44-42-40-38-36-24-22-20-18-16-14-12-10-8-6-4-2/h52,54,57-58,61-62H,3-51,53,55-56H2,1-2H3,(H,60,63)/b54-52+. The van der Waals surface area contributed by atoms with Gasteiger partial charge in [0, 0.05) is 6.42 Å². The quantitative estimate of drug-likeness (QED) is 0.0421. The third-order valence-corrected chi connectivity index (χ3v) is 14.0. The van der Waals surface area contributed by atoms with Gasteiger partial charge in [-0.3, -0.25) is 4.79 Å². The maximum absolute atomic E-state index is 12.5. The van der Waals surface area contributed by atoms with E-state index in [9.17, 15) is 15.0 Å².